The number of esters is 1. The Hall–Kier alpha value is -3.62. The lowest BCUT2D eigenvalue weighted by Crippen LogP contribution is -2.57. The van der Waals surface area contributed by atoms with Crippen LogP contribution >= 0.6 is 0 Å². The molecule has 0 bridgehead atoms. The summed E-state index contributed by atoms with van der Waals surface area (Å²) in [5.74, 6) is -1.68. The van der Waals surface area contributed by atoms with Crippen LogP contribution in [0, 0.1) is 5.92 Å². The zero-order valence-corrected chi connectivity index (χ0v) is 23.8. The van der Waals surface area contributed by atoms with Crippen molar-refractivity contribution in [2.45, 2.75) is 84.0 Å². The van der Waals surface area contributed by atoms with Gasteiger partial charge in [-0.3, -0.25) is 14.5 Å². The Morgan fingerprint density at radius 3 is 2.38 bits per heavy atom. The molecule has 2 aromatic rings. The molecule has 4 atom stereocenters. The molecule has 1 fully saturated rings. The molecule has 0 aromatic heterocycles. The van der Waals surface area contributed by atoms with Gasteiger partial charge in [0.05, 0.1) is 7.11 Å². The monoisotopic (exact) mass is 539 g/mol. The number of benzene rings is 2. The van der Waals surface area contributed by atoms with Crippen LogP contribution in [0.5, 0.6) is 0 Å². The van der Waals surface area contributed by atoms with E-state index in [1.165, 1.54) is 12.0 Å². The molecule has 0 aliphatic carbocycles. The molecule has 3 rings (SSSR count). The first-order valence-corrected chi connectivity index (χ1v) is 13.6. The molecule has 2 N–H and O–H groups in total. The van der Waals surface area contributed by atoms with Crippen molar-refractivity contribution in [1.82, 2.24) is 15.5 Å². The lowest BCUT2D eigenvalue weighted by molar-refractivity contribution is -0.145. The van der Waals surface area contributed by atoms with Crippen molar-refractivity contribution in [3.05, 3.63) is 48.0 Å². The van der Waals surface area contributed by atoms with Gasteiger partial charge in [-0.05, 0) is 55.9 Å². The predicted octanol–water partition coefficient (Wildman–Crippen LogP) is 3.97. The van der Waals surface area contributed by atoms with Crippen molar-refractivity contribution in [3.63, 3.8) is 0 Å². The summed E-state index contributed by atoms with van der Waals surface area (Å²) in [5, 5.41) is 7.77. The van der Waals surface area contributed by atoms with E-state index in [0.717, 1.165) is 16.3 Å². The average Bonchev–Trinajstić information content (AvgIpc) is 3.40. The first-order valence-electron chi connectivity index (χ1n) is 13.6. The summed E-state index contributed by atoms with van der Waals surface area (Å²) in [6, 6.07) is 11.2. The molecule has 2 aromatic carbocycles. The largest absolute Gasteiger partial charge is 0.467 e. The molecule has 39 heavy (non-hydrogen) atoms. The number of hydrogen-bond donors (Lipinski definition) is 2. The van der Waals surface area contributed by atoms with E-state index in [0.29, 0.717) is 25.8 Å². The highest BCUT2D eigenvalue weighted by Crippen LogP contribution is 2.22. The Bertz CT molecular complexity index is 1190. The molecule has 3 amide bonds. The molecule has 9 nitrogen and oxygen atoms in total. The van der Waals surface area contributed by atoms with Gasteiger partial charge in [0.25, 0.3) is 0 Å². The number of methoxy groups -OCH3 is 1. The van der Waals surface area contributed by atoms with Crippen molar-refractivity contribution in [2.75, 3.05) is 13.7 Å². The van der Waals surface area contributed by atoms with Crippen LogP contribution < -0.4 is 10.6 Å². The number of fused-ring (bicyclic) bond motifs is 1. The summed E-state index contributed by atoms with van der Waals surface area (Å²) in [5.41, 5.74) is 0.181. The quantitative estimate of drug-likeness (QED) is 0.466. The van der Waals surface area contributed by atoms with Crippen molar-refractivity contribution in [2.24, 2.45) is 5.92 Å². The summed E-state index contributed by atoms with van der Waals surface area (Å²) < 4.78 is 10.5. The maximum Gasteiger partial charge on any atom is 0.410 e. The fraction of sp³-hybridized carbons (Fsp3) is 0.533. The van der Waals surface area contributed by atoms with Crippen LogP contribution in [-0.4, -0.2) is 66.2 Å². The number of hydrogen-bond acceptors (Lipinski definition) is 6. The highest BCUT2D eigenvalue weighted by Gasteiger charge is 2.39. The molecule has 1 saturated heterocycles. The van der Waals surface area contributed by atoms with E-state index < -0.39 is 47.6 Å². The van der Waals surface area contributed by atoms with Gasteiger partial charge in [0.2, 0.25) is 11.8 Å². The minimum atomic E-state index is -0.933. The second kappa shape index (κ2) is 13.0. The van der Waals surface area contributed by atoms with Crippen molar-refractivity contribution in [1.29, 1.82) is 0 Å². The number of likely N-dealkylation sites (tertiary alicyclic amines) is 1. The first-order chi connectivity index (χ1) is 18.4. The minimum absolute atomic E-state index is 0.218. The van der Waals surface area contributed by atoms with Gasteiger partial charge >= 0.3 is 12.1 Å². The summed E-state index contributed by atoms with van der Waals surface area (Å²) in [6.07, 6.45) is 1.44. The summed E-state index contributed by atoms with van der Waals surface area (Å²) >= 11 is 0. The van der Waals surface area contributed by atoms with Crippen molar-refractivity contribution >= 4 is 34.6 Å². The topological polar surface area (TPSA) is 114 Å². The number of nitrogens with zero attached hydrogens (tertiary/aromatic N) is 1. The van der Waals surface area contributed by atoms with Crippen LogP contribution in [0.2, 0.25) is 0 Å². The first kappa shape index (κ1) is 29.9. The summed E-state index contributed by atoms with van der Waals surface area (Å²) in [7, 11) is 1.28. The number of rotatable bonds is 9. The number of carbonyl (C=O) groups is 4. The molecule has 0 saturated carbocycles. The smallest absolute Gasteiger partial charge is 0.410 e. The maximum absolute atomic E-state index is 13.5. The Morgan fingerprint density at radius 1 is 1.05 bits per heavy atom. The minimum Gasteiger partial charge on any atom is -0.467 e. The van der Waals surface area contributed by atoms with Gasteiger partial charge < -0.3 is 20.1 Å². The molecule has 0 radical (unpaired) electrons. The van der Waals surface area contributed by atoms with Gasteiger partial charge in [0, 0.05) is 13.0 Å². The second-order valence-corrected chi connectivity index (χ2v) is 11.2. The zero-order valence-electron chi connectivity index (χ0n) is 23.8. The Morgan fingerprint density at radius 2 is 1.74 bits per heavy atom. The molecular weight excluding hydrogens is 498 g/mol. The van der Waals surface area contributed by atoms with E-state index in [-0.39, 0.29) is 12.3 Å². The molecule has 1 heterocycles. The number of amides is 3. The number of carbonyl (C=O) groups excluding carboxylic acids is 4. The standard InChI is InChI=1S/C30H41N3O6/c1-7-19(2)25(32-26(34)24-13-10-16-33(24)29(37)39-30(3,4)5)27(35)31-23(28(36)38-6)18-20-14-15-21-11-8-9-12-22(21)17-20/h8-9,11-12,14-15,17,19,23-25H,7,10,13,16,18H2,1-6H3,(H,31,35)(H,32,34)/t19-,23-,24-,25-/m0/s1. The van der Waals surface area contributed by atoms with Crippen LogP contribution in [0.3, 0.4) is 0 Å². The van der Waals surface area contributed by atoms with Crippen LogP contribution in [-0.2, 0) is 30.3 Å². The summed E-state index contributed by atoms with van der Waals surface area (Å²) in [4.78, 5) is 53.6. The van der Waals surface area contributed by atoms with Gasteiger partial charge in [-0.2, -0.15) is 0 Å². The number of nitrogens with one attached hydrogen (secondary N) is 2. The fourth-order valence-electron chi connectivity index (χ4n) is 4.73. The van der Waals surface area contributed by atoms with Gasteiger partial charge in [0.15, 0.2) is 0 Å². The van der Waals surface area contributed by atoms with E-state index in [4.69, 9.17) is 9.47 Å². The molecule has 0 spiro atoms. The van der Waals surface area contributed by atoms with Crippen molar-refractivity contribution in [3.8, 4) is 0 Å². The van der Waals surface area contributed by atoms with Gasteiger partial charge in [0.1, 0.15) is 23.7 Å². The summed E-state index contributed by atoms with van der Waals surface area (Å²) in [6.45, 7) is 9.51. The van der Waals surface area contributed by atoms with Gasteiger partial charge in [-0.25, -0.2) is 9.59 Å². The fourth-order valence-corrected chi connectivity index (χ4v) is 4.73. The number of ether oxygens (including phenoxy) is 2. The Kier molecular flexibility index (Phi) is 9.94. The molecule has 9 heteroatoms. The van der Waals surface area contributed by atoms with E-state index in [1.807, 2.05) is 56.3 Å². The molecular formula is C30H41N3O6. The molecule has 1 aliphatic heterocycles. The molecule has 212 valence electrons. The highest BCUT2D eigenvalue weighted by atomic mass is 16.6. The third kappa shape index (κ3) is 7.94. The molecule has 1 aliphatic rings. The van der Waals surface area contributed by atoms with Gasteiger partial charge in [-0.15, -0.1) is 0 Å². The third-order valence-electron chi connectivity index (χ3n) is 7.03. The second-order valence-electron chi connectivity index (χ2n) is 11.2. The highest BCUT2D eigenvalue weighted by molar-refractivity contribution is 5.93. The van der Waals surface area contributed by atoms with E-state index in [9.17, 15) is 19.2 Å². The average molecular weight is 540 g/mol. The van der Waals surface area contributed by atoms with Crippen molar-refractivity contribution < 1.29 is 28.7 Å². The van der Waals surface area contributed by atoms with Gasteiger partial charge in [-0.1, -0.05) is 62.7 Å². The zero-order chi connectivity index (χ0) is 28.7. The lowest BCUT2D eigenvalue weighted by Gasteiger charge is -2.30. The van der Waals surface area contributed by atoms with E-state index >= 15 is 0 Å². The van der Waals surface area contributed by atoms with Crippen LogP contribution in [0.15, 0.2) is 42.5 Å². The van der Waals surface area contributed by atoms with Crippen LogP contribution in [0.4, 0.5) is 4.79 Å². The van der Waals surface area contributed by atoms with E-state index in [1.54, 1.807) is 20.8 Å². The van der Waals surface area contributed by atoms with Crippen LogP contribution in [0.25, 0.3) is 10.8 Å². The lowest BCUT2D eigenvalue weighted by atomic mass is 9.96. The Labute approximate surface area is 230 Å². The maximum atomic E-state index is 13.5. The third-order valence-corrected chi connectivity index (χ3v) is 7.03. The SMILES string of the molecule is CC[C@H](C)[C@H](NC(=O)[C@@H]1CCCN1C(=O)OC(C)(C)C)C(=O)N[C@@H](Cc1ccc2ccccc2c1)C(=O)OC. The molecule has 0 unspecified atom stereocenters. The van der Waals surface area contributed by atoms with E-state index in [2.05, 4.69) is 10.6 Å². The normalized spacial score (nSPS) is 17.7. The van der Waals surface area contributed by atoms with Crippen LogP contribution in [0.1, 0.15) is 59.4 Å². The predicted molar refractivity (Wildman–Crippen MR) is 149 cm³/mol. The Balaban J connectivity index is 1.74.